The summed E-state index contributed by atoms with van der Waals surface area (Å²) in [7, 11) is 1.31. The van der Waals surface area contributed by atoms with Gasteiger partial charge in [-0.25, -0.2) is 9.78 Å². The van der Waals surface area contributed by atoms with Crippen LogP contribution in [0, 0.1) is 6.92 Å². The van der Waals surface area contributed by atoms with Crippen molar-refractivity contribution in [3.63, 3.8) is 0 Å². The number of aromatic nitrogens is 2. The first-order valence-electron chi connectivity index (χ1n) is 9.48. The van der Waals surface area contributed by atoms with Crippen molar-refractivity contribution in [3.05, 3.63) is 77.7 Å². The van der Waals surface area contributed by atoms with Gasteiger partial charge in [0.15, 0.2) is 0 Å². The lowest BCUT2D eigenvalue weighted by molar-refractivity contribution is -0.144. The highest BCUT2D eigenvalue weighted by Gasteiger charge is 2.24. The van der Waals surface area contributed by atoms with Gasteiger partial charge in [-0.3, -0.25) is 4.79 Å². The highest BCUT2D eigenvalue weighted by Crippen LogP contribution is 2.26. The average molecular weight is 391 g/mol. The Balaban J connectivity index is 2.00. The number of carbonyl (C=O) groups is 2. The number of methoxy groups -OCH3 is 1. The van der Waals surface area contributed by atoms with Crippen LogP contribution in [0.25, 0.3) is 11.3 Å². The molecule has 0 radical (unpaired) electrons. The van der Waals surface area contributed by atoms with E-state index < -0.39 is 12.0 Å². The first-order chi connectivity index (χ1) is 14.0. The molecule has 2 aromatic carbocycles. The van der Waals surface area contributed by atoms with Gasteiger partial charge in [0.1, 0.15) is 6.04 Å². The van der Waals surface area contributed by atoms with E-state index in [1.54, 1.807) is 6.33 Å². The summed E-state index contributed by atoms with van der Waals surface area (Å²) < 4.78 is 6.93. The average Bonchev–Trinajstić information content (AvgIpc) is 3.10. The van der Waals surface area contributed by atoms with Crippen LogP contribution in [0.15, 0.2) is 60.9 Å². The molecule has 0 aliphatic heterocycles. The topological polar surface area (TPSA) is 73.2 Å². The molecular weight excluding hydrogens is 366 g/mol. The van der Waals surface area contributed by atoms with E-state index >= 15 is 0 Å². The zero-order valence-corrected chi connectivity index (χ0v) is 16.9. The van der Waals surface area contributed by atoms with E-state index in [4.69, 9.17) is 4.74 Å². The van der Waals surface area contributed by atoms with E-state index in [1.165, 1.54) is 14.0 Å². The largest absolute Gasteiger partial charge is 0.467 e. The van der Waals surface area contributed by atoms with E-state index in [0.29, 0.717) is 6.54 Å². The number of hydrogen-bond acceptors (Lipinski definition) is 4. The van der Waals surface area contributed by atoms with Crippen molar-refractivity contribution in [3.8, 4) is 11.3 Å². The maximum absolute atomic E-state index is 12.2. The van der Waals surface area contributed by atoms with E-state index in [0.717, 1.165) is 28.1 Å². The summed E-state index contributed by atoms with van der Waals surface area (Å²) in [5.74, 6) is -0.784. The third-order valence-corrected chi connectivity index (χ3v) is 4.69. The van der Waals surface area contributed by atoms with Gasteiger partial charge in [0.2, 0.25) is 5.91 Å². The fourth-order valence-electron chi connectivity index (χ4n) is 3.29. The molecule has 1 amide bonds. The normalized spacial score (nSPS) is 11.7. The van der Waals surface area contributed by atoms with Crippen LogP contribution in [0.4, 0.5) is 0 Å². The summed E-state index contributed by atoms with van der Waals surface area (Å²) in [6.07, 6.45) is 2.02. The predicted molar refractivity (Wildman–Crippen MR) is 111 cm³/mol. The third-order valence-electron chi connectivity index (χ3n) is 4.69. The highest BCUT2D eigenvalue weighted by molar-refractivity contribution is 5.83. The quantitative estimate of drug-likeness (QED) is 0.628. The number of amides is 1. The van der Waals surface area contributed by atoms with Crippen LogP contribution in [-0.2, 0) is 27.3 Å². The second kappa shape index (κ2) is 9.19. The van der Waals surface area contributed by atoms with Crippen LogP contribution >= 0.6 is 0 Å². The van der Waals surface area contributed by atoms with Crippen molar-refractivity contribution in [1.29, 1.82) is 0 Å². The number of benzene rings is 2. The standard InChI is InChI=1S/C23H25N3O3/c1-16-9-11-19(12-10-16)22-20(13-21(23(28)29-3)25-17(2)27)24-15-26(22)14-18-7-5-4-6-8-18/h4-12,15,21H,13-14H2,1-3H3,(H,25,27)/t21-/m0/s1. The molecular formula is C23H25N3O3. The third kappa shape index (κ3) is 5.10. The summed E-state index contributed by atoms with van der Waals surface area (Å²) in [5, 5.41) is 2.66. The lowest BCUT2D eigenvalue weighted by Crippen LogP contribution is -2.42. The summed E-state index contributed by atoms with van der Waals surface area (Å²) in [4.78, 5) is 28.3. The Morgan fingerprint density at radius 2 is 1.79 bits per heavy atom. The van der Waals surface area contributed by atoms with E-state index in [1.807, 2.05) is 49.4 Å². The Labute approximate surface area is 170 Å². The fraction of sp³-hybridized carbons (Fsp3) is 0.261. The lowest BCUT2D eigenvalue weighted by Gasteiger charge is -2.16. The SMILES string of the molecule is COC(=O)[C@H](Cc1ncn(Cc2ccccc2)c1-c1ccc(C)cc1)NC(C)=O. The van der Waals surface area contributed by atoms with Gasteiger partial charge in [-0.2, -0.15) is 0 Å². The predicted octanol–water partition coefficient (Wildman–Crippen LogP) is 3.13. The van der Waals surface area contributed by atoms with Gasteiger partial charge in [0.25, 0.3) is 0 Å². The second-order valence-corrected chi connectivity index (χ2v) is 7.00. The fourth-order valence-corrected chi connectivity index (χ4v) is 3.29. The first kappa shape index (κ1) is 20.3. The minimum atomic E-state index is -0.790. The monoisotopic (exact) mass is 391 g/mol. The summed E-state index contributed by atoms with van der Waals surface area (Å²) in [5.41, 5.74) is 4.97. The number of rotatable bonds is 7. The Morgan fingerprint density at radius 1 is 1.10 bits per heavy atom. The minimum Gasteiger partial charge on any atom is -0.467 e. The number of imidazole rings is 1. The number of ether oxygens (including phenoxy) is 1. The van der Waals surface area contributed by atoms with Crippen molar-refractivity contribution in [2.24, 2.45) is 0 Å². The minimum absolute atomic E-state index is 0.247. The van der Waals surface area contributed by atoms with Gasteiger partial charge in [-0.1, -0.05) is 60.2 Å². The molecule has 6 heteroatoms. The smallest absolute Gasteiger partial charge is 0.328 e. The van der Waals surface area contributed by atoms with Crippen molar-refractivity contribution in [2.45, 2.75) is 32.9 Å². The van der Waals surface area contributed by atoms with Gasteiger partial charge in [-0.15, -0.1) is 0 Å². The Kier molecular flexibility index (Phi) is 6.44. The van der Waals surface area contributed by atoms with Crippen molar-refractivity contribution in [2.75, 3.05) is 7.11 Å². The zero-order chi connectivity index (χ0) is 20.8. The number of esters is 1. The Hall–Kier alpha value is -3.41. The van der Waals surface area contributed by atoms with Gasteiger partial charge in [-0.05, 0) is 12.5 Å². The van der Waals surface area contributed by atoms with Gasteiger partial charge in [0, 0.05) is 25.5 Å². The van der Waals surface area contributed by atoms with Gasteiger partial charge in [0.05, 0.1) is 24.8 Å². The van der Waals surface area contributed by atoms with E-state index in [9.17, 15) is 9.59 Å². The summed E-state index contributed by atoms with van der Waals surface area (Å²) in [6, 6.07) is 17.5. The molecule has 0 saturated carbocycles. The zero-order valence-electron chi connectivity index (χ0n) is 16.9. The molecule has 0 bridgehead atoms. The molecule has 1 aromatic heterocycles. The van der Waals surface area contributed by atoms with E-state index in [-0.39, 0.29) is 12.3 Å². The Bertz CT molecular complexity index is 978. The van der Waals surface area contributed by atoms with E-state index in [2.05, 4.69) is 27.0 Å². The first-order valence-corrected chi connectivity index (χ1v) is 9.48. The molecule has 0 fully saturated rings. The van der Waals surface area contributed by atoms with Gasteiger partial charge < -0.3 is 14.6 Å². The molecule has 0 aliphatic rings. The molecule has 0 saturated heterocycles. The molecule has 0 spiro atoms. The molecule has 3 rings (SSSR count). The number of hydrogen-bond donors (Lipinski definition) is 1. The summed E-state index contributed by atoms with van der Waals surface area (Å²) >= 11 is 0. The second-order valence-electron chi connectivity index (χ2n) is 7.00. The molecule has 0 aliphatic carbocycles. The number of aryl methyl sites for hydroxylation is 1. The molecule has 150 valence electrons. The molecule has 3 aromatic rings. The van der Waals surface area contributed by atoms with Crippen LogP contribution < -0.4 is 5.32 Å². The molecule has 1 atom stereocenters. The summed E-state index contributed by atoms with van der Waals surface area (Å²) in [6.45, 7) is 4.07. The number of nitrogens with zero attached hydrogens (tertiary/aromatic N) is 2. The maximum atomic E-state index is 12.2. The van der Waals surface area contributed by atoms with Crippen LogP contribution in [0.3, 0.4) is 0 Å². The number of carbonyl (C=O) groups excluding carboxylic acids is 2. The highest BCUT2D eigenvalue weighted by atomic mass is 16.5. The van der Waals surface area contributed by atoms with Crippen molar-refractivity contribution < 1.29 is 14.3 Å². The van der Waals surface area contributed by atoms with Crippen LogP contribution in [0.1, 0.15) is 23.7 Å². The lowest BCUT2D eigenvalue weighted by atomic mass is 10.0. The molecule has 1 N–H and O–H groups in total. The van der Waals surface area contributed by atoms with Gasteiger partial charge >= 0.3 is 5.97 Å². The van der Waals surface area contributed by atoms with Crippen molar-refractivity contribution >= 4 is 11.9 Å². The Morgan fingerprint density at radius 3 is 2.41 bits per heavy atom. The molecule has 0 unspecified atom stereocenters. The maximum Gasteiger partial charge on any atom is 0.328 e. The number of nitrogens with one attached hydrogen (secondary N) is 1. The molecule has 1 heterocycles. The van der Waals surface area contributed by atoms with Crippen molar-refractivity contribution in [1.82, 2.24) is 14.9 Å². The van der Waals surface area contributed by atoms with Crippen LogP contribution in [0.5, 0.6) is 0 Å². The molecule has 6 nitrogen and oxygen atoms in total. The molecule has 29 heavy (non-hydrogen) atoms. The van der Waals surface area contributed by atoms with Crippen LogP contribution in [-0.4, -0.2) is 34.6 Å². The van der Waals surface area contributed by atoms with Crippen LogP contribution in [0.2, 0.25) is 0 Å².